The predicted octanol–water partition coefficient (Wildman–Crippen LogP) is 2.36. The summed E-state index contributed by atoms with van der Waals surface area (Å²) in [5.74, 6) is 1.54. The van der Waals surface area contributed by atoms with Crippen molar-refractivity contribution in [1.29, 1.82) is 0 Å². The SMILES string of the molecule is CCCNC(CCCS(C)(=O)=O)C1COc2ccccc21. The highest BCUT2D eigenvalue weighted by Gasteiger charge is 2.30. The minimum atomic E-state index is -2.88. The number of sulfone groups is 1. The maximum atomic E-state index is 11.3. The normalized spacial score (nSPS) is 19.0. The van der Waals surface area contributed by atoms with Crippen LogP contribution in [-0.4, -0.2) is 39.6 Å². The second kappa shape index (κ2) is 7.27. The van der Waals surface area contributed by atoms with Gasteiger partial charge < -0.3 is 10.1 Å². The third-order valence-electron chi connectivity index (χ3n) is 3.91. The lowest BCUT2D eigenvalue weighted by atomic mass is 9.90. The van der Waals surface area contributed by atoms with E-state index in [0.29, 0.717) is 18.9 Å². The Kier molecular flexibility index (Phi) is 5.65. The maximum Gasteiger partial charge on any atom is 0.147 e. The first kappa shape index (κ1) is 16.3. The minimum Gasteiger partial charge on any atom is -0.493 e. The molecule has 1 aliphatic heterocycles. The Bertz CT molecular complexity index is 556. The summed E-state index contributed by atoms with van der Waals surface area (Å²) in [6.45, 7) is 3.77. The summed E-state index contributed by atoms with van der Waals surface area (Å²) in [4.78, 5) is 0. The topological polar surface area (TPSA) is 55.4 Å². The highest BCUT2D eigenvalue weighted by atomic mass is 32.2. The average Bonchev–Trinajstić information content (AvgIpc) is 2.85. The monoisotopic (exact) mass is 311 g/mol. The molecule has 5 heteroatoms. The van der Waals surface area contributed by atoms with E-state index in [4.69, 9.17) is 4.74 Å². The van der Waals surface area contributed by atoms with Gasteiger partial charge in [-0.2, -0.15) is 0 Å². The van der Waals surface area contributed by atoms with Crippen LogP contribution in [0.2, 0.25) is 0 Å². The number of nitrogens with one attached hydrogen (secondary N) is 1. The van der Waals surface area contributed by atoms with Crippen molar-refractivity contribution in [3.63, 3.8) is 0 Å². The van der Waals surface area contributed by atoms with Gasteiger partial charge in [-0.3, -0.25) is 0 Å². The van der Waals surface area contributed by atoms with E-state index in [-0.39, 0.29) is 11.8 Å². The first-order chi connectivity index (χ1) is 10.0. The van der Waals surface area contributed by atoms with Crippen LogP contribution in [0.15, 0.2) is 24.3 Å². The number of ether oxygens (including phenoxy) is 1. The summed E-state index contributed by atoms with van der Waals surface area (Å²) in [6.07, 6.45) is 3.92. The molecule has 2 atom stereocenters. The van der Waals surface area contributed by atoms with Gasteiger partial charge in [0.15, 0.2) is 0 Å². The third kappa shape index (κ3) is 4.71. The van der Waals surface area contributed by atoms with Crippen molar-refractivity contribution in [1.82, 2.24) is 5.32 Å². The first-order valence-electron chi connectivity index (χ1n) is 7.64. The Morgan fingerprint density at radius 1 is 1.38 bits per heavy atom. The number of hydrogen-bond donors (Lipinski definition) is 1. The van der Waals surface area contributed by atoms with Gasteiger partial charge in [0.05, 0.1) is 6.61 Å². The number of hydrogen-bond acceptors (Lipinski definition) is 4. The summed E-state index contributed by atoms with van der Waals surface area (Å²) in [6, 6.07) is 8.41. The van der Waals surface area contributed by atoms with E-state index in [2.05, 4.69) is 18.3 Å². The van der Waals surface area contributed by atoms with Crippen LogP contribution in [-0.2, 0) is 9.84 Å². The van der Waals surface area contributed by atoms with Crippen LogP contribution in [0.5, 0.6) is 5.75 Å². The molecule has 1 aliphatic rings. The Morgan fingerprint density at radius 2 is 2.14 bits per heavy atom. The number of para-hydroxylation sites is 1. The molecule has 4 nitrogen and oxygen atoms in total. The van der Waals surface area contributed by atoms with Gasteiger partial charge in [0.25, 0.3) is 0 Å². The zero-order chi connectivity index (χ0) is 15.3. The molecule has 2 unspecified atom stereocenters. The number of benzene rings is 1. The molecular weight excluding hydrogens is 286 g/mol. The van der Waals surface area contributed by atoms with Gasteiger partial charge in [0.1, 0.15) is 15.6 Å². The molecule has 0 aromatic heterocycles. The fourth-order valence-electron chi connectivity index (χ4n) is 2.86. The van der Waals surface area contributed by atoms with Gasteiger partial charge in [0.2, 0.25) is 0 Å². The molecule has 1 heterocycles. The molecule has 21 heavy (non-hydrogen) atoms. The predicted molar refractivity (Wildman–Crippen MR) is 85.7 cm³/mol. The van der Waals surface area contributed by atoms with Crippen molar-refractivity contribution in [3.05, 3.63) is 29.8 Å². The molecule has 2 rings (SSSR count). The fraction of sp³-hybridized carbons (Fsp3) is 0.625. The zero-order valence-corrected chi connectivity index (χ0v) is 13.7. The summed E-state index contributed by atoms with van der Waals surface area (Å²) in [5.41, 5.74) is 1.24. The van der Waals surface area contributed by atoms with E-state index in [9.17, 15) is 8.42 Å². The van der Waals surface area contributed by atoms with Crippen molar-refractivity contribution in [2.24, 2.45) is 0 Å². The van der Waals surface area contributed by atoms with E-state index < -0.39 is 9.84 Å². The molecule has 0 saturated carbocycles. The Morgan fingerprint density at radius 3 is 2.86 bits per heavy atom. The highest BCUT2D eigenvalue weighted by Crippen LogP contribution is 2.36. The number of rotatable bonds is 8. The van der Waals surface area contributed by atoms with Gasteiger partial charge >= 0.3 is 0 Å². The first-order valence-corrected chi connectivity index (χ1v) is 9.70. The highest BCUT2D eigenvalue weighted by molar-refractivity contribution is 7.90. The maximum absolute atomic E-state index is 11.3. The molecular formula is C16H25NO3S. The van der Waals surface area contributed by atoms with Gasteiger partial charge in [-0.1, -0.05) is 25.1 Å². The van der Waals surface area contributed by atoms with Crippen molar-refractivity contribution >= 4 is 9.84 Å². The van der Waals surface area contributed by atoms with Gasteiger partial charge in [-0.15, -0.1) is 0 Å². The molecule has 0 amide bonds. The van der Waals surface area contributed by atoms with Crippen molar-refractivity contribution in [3.8, 4) is 5.75 Å². The van der Waals surface area contributed by atoms with Crippen LogP contribution in [0, 0.1) is 0 Å². The molecule has 0 spiro atoms. The fourth-order valence-corrected chi connectivity index (χ4v) is 3.55. The summed E-state index contributed by atoms with van der Waals surface area (Å²) >= 11 is 0. The van der Waals surface area contributed by atoms with E-state index in [1.54, 1.807) is 0 Å². The van der Waals surface area contributed by atoms with Gasteiger partial charge in [-0.25, -0.2) is 8.42 Å². The Hall–Kier alpha value is -1.07. The molecule has 118 valence electrons. The molecule has 0 aliphatic carbocycles. The molecule has 0 bridgehead atoms. The smallest absolute Gasteiger partial charge is 0.147 e. The second-order valence-corrected chi connectivity index (χ2v) is 8.05. The van der Waals surface area contributed by atoms with Gasteiger partial charge in [-0.05, 0) is 31.9 Å². The van der Waals surface area contributed by atoms with Crippen LogP contribution < -0.4 is 10.1 Å². The summed E-state index contributed by atoms with van der Waals surface area (Å²) in [5, 5.41) is 3.56. The van der Waals surface area contributed by atoms with Crippen LogP contribution >= 0.6 is 0 Å². The molecule has 1 aromatic rings. The average molecular weight is 311 g/mol. The minimum absolute atomic E-state index is 0.256. The molecule has 0 fully saturated rings. The lowest BCUT2D eigenvalue weighted by Crippen LogP contribution is -2.36. The van der Waals surface area contributed by atoms with E-state index >= 15 is 0 Å². The van der Waals surface area contributed by atoms with Crippen LogP contribution in [0.3, 0.4) is 0 Å². The largest absolute Gasteiger partial charge is 0.493 e. The summed E-state index contributed by atoms with van der Waals surface area (Å²) < 4.78 is 28.4. The lowest BCUT2D eigenvalue weighted by molar-refractivity contribution is 0.291. The van der Waals surface area contributed by atoms with E-state index in [1.165, 1.54) is 11.8 Å². The van der Waals surface area contributed by atoms with Crippen molar-refractivity contribution < 1.29 is 13.2 Å². The van der Waals surface area contributed by atoms with Crippen LogP contribution in [0.4, 0.5) is 0 Å². The molecule has 0 saturated heterocycles. The zero-order valence-electron chi connectivity index (χ0n) is 12.8. The number of fused-ring (bicyclic) bond motifs is 1. The Labute approximate surface area is 127 Å². The lowest BCUT2D eigenvalue weighted by Gasteiger charge is -2.24. The third-order valence-corrected chi connectivity index (χ3v) is 4.94. The standard InChI is InChI=1S/C16H25NO3S/c1-3-10-17-15(8-6-11-21(2,18)19)14-12-20-16-9-5-4-7-13(14)16/h4-5,7,9,14-15,17H,3,6,8,10-12H2,1-2H3. The van der Waals surface area contributed by atoms with Crippen molar-refractivity contribution in [2.75, 3.05) is 25.2 Å². The summed E-state index contributed by atoms with van der Waals surface area (Å²) in [7, 11) is -2.88. The van der Waals surface area contributed by atoms with E-state index in [1.807, 2.05) is 18.2 Å². The second-order valence-electron chi connectivity index (χ2n) is 5.79. The van der Waals surface area contributed by atoms with Crippen molar-refractivity contribution in [2.45, 2.75) is 38.1 Å². The van der Waals surface area contributed by atoms with Crippen LogP contribution in [0.1, 0.15) is 37.7 Å². The molecule has 1 N–H and O–H groups in total. The Balaban J connectivity index is 2.03. The molecule has 0 radical (unpaired) electrons. The van der Waals surface area contributed by atoms with Gasteiger partial charge in [0, 0.05) is 29.5 Å². The van der Waals surface area contributed by atoms with Crippen LogP contribution in [0.25, 0.3) is 0 Å². The van der Waals surface area contributed by atoms with E-state index in [0.717, 1.165) is 25.1 Å². The quantitative estimate of drug-likeness (QED) is 0.801. The molecule has 1 aromatic carbocycles.